The van der Waals surface area contributed by atoms with Crippen LogP contribution in [0, 0.1) is 0 Å². The van der Waals surface area contributed by atoms with Crippen molar-refractivity contribution in [3.05, 3.63) is 63.4 Å². The van der Waals surface area contributed by atoms with E-state index in [4.69, 9.17) is 4.42 Å². The molecule has 1 amide bonds. The summed E-state index contributed by atoms with van der Waals surface area (Å²) in [6, 6.07) is 1.34. The summed E-state index contributed by atoms with van der Waals surface area (Å²) in [6.45, 7) is 8.94. The van der Waals surface area contributed by atoms with Crippen molar-refractivity contribution in [2.75, 3.05) is 0 Å². The molecular formula is C23H31NO5. The topological polar surface area (TPSA) is 96.6 Å². The molecule has 6 nitrogen and oxygen atoms in total. The molecule has 0 aliphatic carbocycles. The first kappa shape index (κ1) is 24.1. The van der Waals surface area contributed by atoms with E-state index in [9.17, 15) is 19.5 Å². The Labute approximate surface area is 172 Å². The minimum absolute atomic E-state index is 0.143. The largest absolute Gasteiger partial charge is 0.507 e. The molecule has 29 heavy (non-hydrogen) atoms. The minimum Gasteiger partial charge on any atom is -0.507 e. The molecular weight excluding hydrogens is 370 g/mol. The predicted molar refractivity (Wildman–Crippen MR) is 114 cm³/mol. The quantitative estimate of drug-likeness (QED) is 0.335. The average molecular weight is 402 g/mol. The lowest BCUT2D eigenvalue weighted by atomic mass is 9.99. The number of nitrogens with one attached hydrogen (secondary N) is 1. The van der Waals surface area contributed by atoms with Crippen LogP contribution in [0.25, 0.3) is 0 Å². The molecule has 0 saturated carbocycles. The van der Waals surface area contributed by atoms with Crippen LogP contribution < -0.4 is 10.9 Å². The Bertz CT molecular complexity index is 874. The normalized spacial score (nSPS) is 13.6. The van der Waals surface area contributed by atoms with Crippen LogP contribution >= 0.6 is 0 Å². The van der Waals surface area contributed by atoms with E-state index in [0.717, 1.165) is 18.4 Å². The Hall–Kier alpha value is -2.89. The number of carbonyl (C=O) groups excluding carboxylic acids is 2. The Morgan fingerprint density at radius 3 is 2.52 bits per heavy atom. The van der Waals surface area contributed by atoms with Gasteiger partial charge in [-0.05, 0) is 44.9 Å². The third-order valence-electron chi connectivity index (χ3n) is 4.45. The molecule has 1 atom stereocenters. The van der Waals surface area contributed by atoms with Crippen LogP contribution in [0.2, 0.25) is 0 Å². The number of Topliss-reactive ketones (excluding diaryl/α,β-unsaturated/α-hetero) is 1. The fourth-order valence-electron chi connectivity index (χ4n) is 2.72. The van der Waals surface area contributed by atoms with Gasteiger partial charge in [0.25, 0.3) is 0 Å². The number of aromatic hydroxyl groups is 1. The lowest BCUT2D eigenvalue weighted by Crippen LogP contribution is -2.16. The number of ketones is 1. The maximum absolute atomic E-state index is 12.6. The smallest absolute Gasteiger partial charge is 0.351 e. The molecule has 0 aliphatic rings. The van der Waals surface area contributed by atoms with Crippen LogP contribution in [-0.2, 0) is 4.79 Å². The Morgan fingerprint density at radius 1 is 1.24 bits per heavy atom. The molecule has 0 aliphatic heterocycles. The van der Waals surface area contributed by atoms with Gasteiger partial charge in [-0.1, -0.05) is 44.1 Å². The first-order chi connectivity index (χ1) is 13.7. The number of hydrogen-bond acceptors (Lipinski definition) is 5. The van der Waals surface area contributed by atoms with Gasteiger partial charge in [0.2, 0.25) is 5.91 Å². The zero-order valence-corrected chi connectivity index (χ0v) is 17.9. The van der Waals surface area contributed by atoms with Crippen molar-refractivity contribution >= 4 is 11.7 Å². The van der Waals surface area contributed by atoms with Gasteiger partial charge < -0.3 is 14.8 Å². The summed E-state index contributed by atoms with van der Waals surface area (Å²) in [5.41, 5.74) is 0.300. The second kappa shape index (κ2) is 11.8. The van der Waals surface area contributed by atoms with Crippen LogP contribution in [0.5, 0.6) is 5.75 Å². The number of allylic oxidation sites excluding steroid dienone is 5. The predicted octanol–water partition coefficient (Wildman–Crippen LogP) is 4.75. The highest BCUT2D eigenvalue weighted by Crippen LogP contribution is 2.26. The fourth-order valence-corrected chi connectivity index (χ4v) is 2.72. The van der Waals surface area contributed by atoms with Crippen molar-refractivity contribution in [2.45, 2.75) is 66.2 Å². The standard InChI is InChI=1S/C23H31NO5/c1-6-9-15(2)11-12-17(4)22(27)21-19(26)14-20(29-23(21)28)16(3)10-7-8-13-24-18(5)25/h8,11-14,16,26H,6-7,9-10H2,1-5H3,(H,24,25)/b13-8+,15-11+,17-12+. The number of rotatable bonds is 10. The van der Waals surface area contributed by atoms with Crippen LogP contribution in [0.15, 0.2) is 50.9 Å². The van der Waals surface area contributed by atoms with E-state index in [-0.39, 0.29) is 23.1 Å². The van der Waals surface area contributed by atoms with Crippen molar-refractivity contribution in [3.8, 4) is 5.75 Å². The lowest BCUT2D eigenvalue weighted by molar-refractivity contribution is -0.118. The summed E-state index contributed by atoms with van der Waals surface area (Å²) in [5, 5.41) is 12.8. The van der Waals surface area contributed by atoms with E-state index in [1.807, 2.05) is 19.9 Å². The van der Waals surface area contributed by atoms with Gasteiger partial charge >= 0.3 is 5.63 Å². The summed E-state index contributed by atoms with van der Waals surface area (Å²) in [7, 11) is 0. The van der Waals surface area contributed by atoms with Crippen molar-refractivity contribution < 1.29 is 19.1 Å². The first-order valence-corrected chi connectivity index (χ1v) is 9.85. The van der Waals surface area contributed by atoms with Crippen molar-refractivity contribution in [2.24, 2.45) is 0 Å². The zero-order valence-electron chi connectivity index (χ0n) is 17.9. The summed E-state index contributed by atoms with van der Waals surface area (Å²) in [4.78, 5) is 35.7. The van der Waals surface area contributed by atoms with Gasteiger partial charge in [0.15, 0.2) is 5.78 Å². The van der Waals surface area contributed by atoms with Crippen molar-refractivity contribution in [1.29, 1.82) is 0 Å². The Balaban J connectivity index is 2.94. The maximum atomic E-state index is 12.6. The molecule has 0 aromatic carbocycles. The third kappa shape index (κ3) is 7.94. The van der Waals surface area contributed by atoms with Crippen molar-refractivity contribution in [3.63, 3.8) is 0 Å². The van der Waals surface area contributed by atoms with Crippen molar-refractivity contribution in [1.82, 2.24) is 5.32 Å². The van der Waals surface area contributed by atoms with Gasteiger partial charge in [0.1, 0.15) is 17.1 Å². The lowest BCUT2D eigenvalue weighted by Gasteiger charge is -2.11. The number of carbonyl (C=O) groups is 2. The van der Waals surface area contributed by atoms with E-state index >= 15 is 0 Å². The molecule has 1 heterocycles. The molecule has 1 aromatic heterocycles. The highest BCUT2D eigenvalue weighted by Gasteiger charge is 2.21. The fraction of sp³-hybridized carbons (Fsp3) is 0.435. The van der Waals surface area contributed by atoms with Gasteiger partial charge in [-0.15, -0.1) is 0 Å². The molecule has 158 valence electrons. The zero-order chi connectivity index (χ0) is 22.0. The second-order valence-corrected chi connectivity index (χ2v) is 7.22. The highest BCUT2D eigenvalue weighted by molar-refractivity contribution is 6.09. The number of hydrogen-bond donors (Lipinski definition) is 2. The molecule has 2 N–H and O–H groups in total. The van der Waals surface area contributed by atoms with E-state index in [2.05, 4.69) is 12.2 Å². The molecule has 6 heteroatoms. The highest BCUT2D eigenvalue weighted by atomic mass is 16.4. The van der Waals surface area contributed by atoms with Crippen LogP contribution in [0.1, 0.15) is 82.3 Å². The summed E-state index contributed by atoms with van der Waals surface area (Å²) in [6.07, 6.45) is 10.1. The molecule has 0 saturated heterocycles. The average Bonchev–Trinajstić information content (AvgIpc) is 2.64. The molecule has 0 spiro atoms. The SMILES string of the molecule is CCC/C(C)=C/C=C(\C)C(=O)c1c(O)cc(C(C)CC/C=C/NC(C)=O)oc1=O. The molecule has 0 radical (unpaired) electrons. The number of amides is 1. The van der Waals surface area contributed by atoms with Gasteiger partial charge in [-0.25, -0.2) is 4.79 Å². The molecule has 1 aromatic rings. The van der Waals surface area contributed by atoms with E-state index < -0.39 is 11.4 Å². The van der Waals surface area contributed by atoms with Crippen LogP contribution in [-0.4, -0.2) is 16.8 Å². The van der Waals surface area contributed by atoms with Gasteiger partial charge in [0.05, 0.1) is 0 Å². The first-order valence-electron chi connectivity index (χ1n) is 9.85. The van der Waals surface area contributed by atoms with Gasteiger partial charge in [0, 0.05) is 18.9 Å². The third-order valence-corrected chi connectivity index (χ3v) is 4.45. The minimum atomic E-state index is -0.840. The second-order valence-electron chi connectivity index (χ2n) is 7.22. The van der Waals surface area contributed by atoms with Crippen LogP contribution in [0.4, 0.5) is 0 Å². The van der Waals surface area contributed by atoms with E-state index in [1.165, 1.54) is 13.0 Å². The summed E-state index contributed by atoms with van der Waals surface area (Å²) in [5.74, 6) is -0.891. The van der Waals surface area contributed by atoms with E-state index in [0.29, 0.717) is 24.2 Å². The Morgan fingerprint density at radius 2 is 1.93 bits per heavy atom. The molecule has 0 bridgehead atoms. The summed E-state index contributed by atoms with van der Waals surface area (Å²) < 4.78 is 5.31. The Kier molecular flexibility index (Phi) is 9.86. The molecule has 1 unspecified atom stereocenters. The molecule has 1 rings (SSSR count). The van der Waals surface area contributed by atoms with Crippen LogP contribution in [0.3, 0.4) is 0 Å². The van der Waals surface area contributed by atoms with Gasteiger partial charge in [-0.2, -0.15) is 0 Å². The monoisotopic (exact) mass is 401 g/mol. The van der Waals surface area contributed by atoms with E-state index in [1.54, 1.807) is 25.3 Å². The maximum Gasteiger partial charge on any atom is 0.351 e. The van der Waals surface area contributed by atoms with Gasteiger partial charge in [-0.3, -0.25) is 9.59 Å². The molecule has 0 fully saturated rings. The summed E-state index contributed by atoms with van der Waals surface area (Å²) >= 11 is 0.